The van der Waals surface area contributed by atoms with E-state index in [1.54, 1.807) is 37.4 Å². The van der Waals surface area contributed by atoms with Crippen LogP contribution in [-0.4, -0.2) is 49.8 Å². The molecule has 0 saturated carbocycles. The van der Waals surface area contributed by atoms with Crippen molar-refractivity contribution in [1.82, 2.24) is 23.6 Å². The zero-order valence-electron chi connectivity index (χ0n) is 19.9. The van der Waals surface area contributed by atoms with E-state index >= 15 is 0 Å². The van der Waals surface area contributed by atoms with Gasteiger partial charge in [0.15, 0.2) is 11.2 Å². The first-order valence-electron chi connectivity index (χ1n) is 11.6. The fourth-order valence-electron chi connectivity index (χ4n) is 4.64. The molecule has 0 aliphatic carbocycles. The van der Waals surface area contributed by atoms with E-state index in [9.17, 15) is 14.0 Å². The molecular weight excluding hydrogens is 506 g/mol. The van der Waals surface area contributed by atoms with Gasteiger partial charge in [-0.3, -0.25) is 18.8 Å². The lowest BCUT2D eigenvalue weighted by Crippen LogP contribution is -2.46. The van der Waals surface area contributed by atoms with Gasteiger partial charge in [0.1, 0.15) is 11.6 Å². The van der Waals surface area contributed by atoms with Crippen LogP contribution >= 0.6 is 23.2 Å². The SMILES string of the molecule is Cn1c(=O)c2c(nc(CN3CCN(c4ccc(F)cc4)CC3)n2Cc2c(Cl)cccc2Cl)n(C)c1=O. The van der Waals surface area contributed by atoms with E-state index in [1.165, 1.54) is 23.7 Å². The third-order valence-corrected chi connectivity index (χ3v) is 7.44. The van der Waals surface area contributed by atoms with Gasteiger partial charge in [0, 0.05) is 61.6 Å². The zero-order chi connectivity index (χ0) is 25.6. The summed E-state index contributed by atoms with van der Waals surface area (Å²) in [5.74, 6) is 0.393. The third kappa shape index (κ3) is 4.42. The number of benzene rings is 2. The predicted molar refractivity (Wildman–Crippen MR) is 140 cm³/mol. The van der Waals surface area contributed by atoms with Crippen molar-refractivity contribution in [3.8, 4) is 0 Å². The lowest BCUT2D eigenvalue weighted by Gasteiger charge is -2.36. The molecule has 2 aromatic heterocycles. The van der Waals surface area contributed by atoms with Crippen LogP contribution in [0.25, 0.3) is 11.2 Å². The summed E-state index contributed by atoms with van der Waals surface area (Å²) < 4.78 is 17.6. The molecule has 8 nitrogen and oxygen atoms in total. The number of aryl methyl sites for hydroxylation is 1. The van der Waals surface area contributed by atoms with Gasteiger partial charge in [0.2, 0.25) is 0 Å². The molecule has 4 aromatic rings. The van der Waals surface area contributed by atoms with Gasteiger partial charge in [0.05, 0.1) is 13.1 Å². The molecular formula is C25H25Cl2FN6O2. The first-order chi connectivity index (χ1) is 17.2. The Morgan fingerprint density at radius 3 is 2.17 bits per heavy atom. The summed E-state index contributed by atoms with van der Waals surface area (Å²) in [7, 11) is 3.06. The second kappa shape index (κ2) is 9.72. The number of piperazine rings is 1. The standard InChI is InChI=1S/C25H25Cl2FN6O2/c1-30-23-22(24(35)31(2)25(30)36)34(14-18-19(26)4-3-5-20(18)27)21(29-23)15-32-10-12-33(13-11-32)17-8-6-16(28)7-9-17/h3-9H,10-15H2,1-2H3. The maximum atomic E-state index is 13.3. The average molecular weight is 531 g/mol. The number of aromatic nitrogens is 4. The Morgan fingerprint density at radius 2 is 1.53 bits per heavy atom. The topological polar surface area (TPSA) is 68.3 Å². The van der Waals surface area contributed by atoms with Crippen molar-refractivity contribution in [2.24, 2.45) is 14.1 Å². The largest absolute Gasteiger partial charge is 0.369 e. The van der Waals surface area contributed by atoms with Crippen LogP contribution in [0.2, 0.25) is 10.0 Å². The molecule has 1 saturated heterocycles. The summed E-state index contributed by atoms with van der Waals surface area (Å²) in [6, 6.07) is 11.8. The van der Waals surface area contributed by atoms with Crippen LogP contribution in [0, 0.1) is 5.82 Å². The summed E-state index contributed by atoms with van der Waals surface area (Å²) in [6.45, 7) is 3.76. The van der Waals surface area contributed by atoms with Crippen LogP contribution < -0.4 is 16.1 Å². The van der Waals surface area contributed by atoms with E-state index < -0.39 is 11.2 Å². The normalized spacial score (nSPS) is 14.6. The smallest absolute Gasteiger partial charge is 0.332 e. The molecule has 2 aromatic carbocycles. The fraction of sp³-hybridized carbons (Fsp3) is 0.320. The Balaban J connectivity index is 1.50. The van der Waals surface area contributed by atoms with Crippen LogP contribution in [-0.2, 0) is 27.2 Å². The average Bonchev–Trinajstić information content (AvgIpc) is 3.22. The number of anilines is 1. The van der Waals surface area contributed by atoms with Gasteiger partial charge in [-0.05, 0) is 36.4 Å². The Labute approximate surface area is 216 Å². The van der Waals surface area contributed by atoms with Crippen LogP contribution in [0.4, 0.5) is 10.1 Å². The lowest BCUT2D eigenvalue weighted by atomic mass is 10.2. The second-order valence-electron chi connectivity index (χ2n) is 8.93. The Bertz CT molecular complexity index is 1530. The van der Waals surface area contributed by atoms with Crippen molar-refractivity contribution in [3.63, 3.8) is 0 Å². The molecule has 0 bridgehead atoms. The van der Waals surface area contributed by atoms with Crippen molar-refractivity contribution >= 4 is 40.1 Å². The Kier molecular flexibility index (Phi) is 6.63. The Hall–Kier alpha value is -3.14. The number of nitrogens with zero attached hydrogens (tertiary/aromatic N) is 6. The van der Waals surface area contributed by atoms with Crippen molar-refractivity contribution in [2.45, 2.75) is 13.1 Å². The van der Waals surface area contributed by atoms with Crippen molar-refractivity contribution in [2.75, 3.05) is 31.1 Å². The summed E-state index contributed by atoms with van der Waals surface area (Å²) in [4.78, 5) is 35.0. The first-order valence-corrected chi connectivity index (χ1v) is 12.3. The van der Waals surface area contributed by atoms with Crippen LogP contribution in [0.5, 0.6) is 0 Å². The van der Waals surface area contributed by atoms with Crippen LogP contribution in [0.1, 0.15) is 11.4 Å². The molecule has 1 aliphatic rings. The van der Waals surface area contributed by atoms with Gasteiger partial charge in [-0.1, -0.05) is 29.3 Å². The number of hydrogen-bond donors (Lipinski definition) is 0. The summed E-state index contributed by atoms with van der Waals surface area (Å²) in [5, 5.41) is 0.981. The number of imidazole rings is 1. The van der Waals surface area contributed by atoms with Gasteiger partial charge >= 0.3 is 5.69 Å². The molecule has 11 heteroatoms. The van der Waals surface area contributed by atoms with E-state index in [2.05, 4.69) is 9.80 Å². The highest BCUT2D eigenvalue weighted by Crippen LogP contribution is 2.27. The molecule has 0 radical (unpaired) electrons. The van der Waals surface area contributed by atoms with Crippen LogP contribution in [0.3, 0.4) is 0 Å². The molecule has 188 valence electrons. The van der Waals surface area contributed by atoms with E-state index in [-0.39, 0.29) is 12.4 Å². The van der Waals surface area contributed by atoms with E-state index in [0.717, 1.165) is 36.4 Å². The second-order valence-corrected chi connectivity index (χ2v) is 9.75. The van der Waals surface area contributed by atoms with Gasteiger partial charge in [0.25, 0.3) is 5.56 Å². The maximum absolute atomic E-state index is 13.3. The summed E-state index contributed by atoms with van der Waals surface area (Å²) >= 11 is 12.9. The minimum absolute atomic E-state index is 0.243. The summed E-state index contributed by atoms with van der Waals surface area (Å²) in [5.41, 5.74) is 1.46. The van der Waals surface area contributed by atoms with Crippen molar-refractivity contribution in [1.29, 1.82) is 0 Å². The molecule has 5 rings (SSSR count). The van der Waals surface area contributed by atoms with E-state index in [4.69, 9.17) is 28.2 Å². The van der Waals surface area contributed by atoms with Crippen molar-refractivity contribution < 1.29 is 4.39 Å². The minimum Gasteiger partial charge on any atom is -0.369 e. The molecule has 0 spiro atoms. The summed E-state index contributed by atoms with van der Waals surface area (Å²) in [6.07, 6.45) is 0. The molecule has 1 aliphatic heterocycles. The lowest BCUT2D eigenvalue weighted by molar-refractivity contribution is 0.241. The van der Waals surface area contributed by atoms with E-state index in [0.29, 0.717) is 39.1 Å². The fourth-order valence-corrected chi connectivity index (χ4v) is 5.16. The number of hydrogen-bond acceptors (Lipinski definition) is 5. The molecule has 3 heterocycles. The van der Waals surface area contributed by atoms with Gasteiger partial charge < -0.3 is 9.47 Å². The number of rotatable bonds is 5. The van der Waals surface area contributed by atoms with Crippen LogP contribution in [0.15, 0.2) is 52.1 Å². The van der Waals surface area contributed by atoms with Gasteiger partial charge in [-0.15, -0.1) is 0 Å². The monoisotopic (exact) mass is 530 g/mol. The van der Waals surface area contributed by atoms with Crippen molar-refractivity contribution in [3.05, 3.63) is 90.6 Å². The molecule has 0 N–H and O–H groups in total. The third-order valence-electron chi connectivity index (χ3n) is 6.73. The highest BCUT2D eigenvalue weighted by Gasteiger charge is 2.24. The van der Waals surface area contributed by atoms with Gasteiger partial charge in [-0.25, -0.2) is 14.2 Å². The molecule has 0 atom stereocenters. The predicted octanol–water partition coefficient (Wildman–Crippen LogP) is 3.25. The van der Waals surface area contributed by atoms with E-state index in [1.807, 2.05) is 4.57 Å². The number of fused-ring (bicyclic) bond motifs is 1. The molecule has 36 heavy (non-hydrogen) atoms. The molecule has 0 unspecified atom stereocenters. The Morgan fingerprint density at radius 1 is 0.889 bits per heavy atom. The highest BCUT2D eigenvalue weighted by atomic mass is 35.5. The minimum atomic E-state index is -0.438. The molecule has 1 fully saturated rings. The molecule has 0 amide bonds. The maximum Gasteiger partial charge on any atom is 0.332 e. The highest BCUT2D eigenvalue weighted by molar-refractivity contribution is 6.36. The zero-order valence-corrected chi connectivity index (χ0v) is 21.4. The van der Waals surface area contributed by atoms with Gasteiger partial charge in [-0.2, -0.15) is 0 Å². The quantitative estimate of drug-likeness (QED) is 0.396. The first kappa shape index (κ1) is 24.5. The number of halogens is 3.